The molecule has 2 unspecified atom stereocenters. The van der Waals surface area contributed by atoms with Gasteiger partial charge in [0, 0.05) is 25.7 Å². The van der Waals surface area contributed by atoms with Gasteiger partial charge in [-0.05, 0) is 37.5 Å². The molecule has 0 aliphatic rings. The highest BCUT2D eigenvalue weighted by Crippen LogP contribution is 2.45. The van der Waals surface area contributed by atoms with Crippen LogP contribution in [0.25, 0.3) is 0 Å². The van der Waals surface area contributed by atoms with Crippen LogP contribution in [0.4, 0.5) is 0 Å². The summed E-state index contributed by atoms with van der Waals surface area (Å²) in [7, 11) is -9.89. The molecule has 0 spiro atoms. The monoisotopic (exact) mass is 1280 g/mol. The fourth-order valence-electron chi connectivity index (χ4n) is 10.2. The Balaban J connectivity index is 5.22. The lowest BCUT2D eigenvalue weighted by molar-refractivity contribution is -0.161. The van der Waals surface area contributed by atoms with Crippen LogP contribution in [0.3, 0.4) is 0 Å². The second-order valence-corrected chi connectivity index (χ2v) is 28.4. The molecule has 0 radical (unpaired) electrons. The Morgan fingerprint density at radius 2 is 0.529 bits per heavy atom. The third-order valence-electron chi connectivity index (χ3n) is 15.7. The molecule has 0 fully saturated rings. The first-order valence-corrected chi connectivity index (χ1v) is 38.5. The van der Waals surface area contributed by atoms with Gasteiger partial charge in [-0.3, -0.25) is 37.3 Å². The molecule has 0 amide bonds. The van der Waals surface area contributed by atoms with E-state index in [-0.39, 0.29) is 25.7 Å². The number of carbonyl (C=O) groups excluding carboxylic acids is 4. The Morgan fingerprint density at radius 3 is 0.782 bits per heavy atom. The van der Waals surface area contributed by atoms with Gasteiger partial charge in [0.25, 0.3) is 0 Å². The Kier molecular flexibility index (Phi) is 59.0. The van der Waals surface area contributed by atoms with E-state index in [0.717, 1.165) is 115 Å². The van der Waals surface area contributed by atoms with Crippen LogP contribution in [0.15, 0.2) is 0 Å². The minimum Gasteiger partial charge on any atom is -0.462 e. The van der Waals surface area contributed by atoms with Crippen molar-refractivity contribution in [1.82, 2.24) is 0 Å². The van der Waals surface area contributed by atoms with Gasteiger partial charge in [-0.2, -0.15) is 0 Å². The van der Waals surface area contributed by atoms with Crippen LogP contribution in [-0.2, 0) is 65.4 Å². The van der Waals surface area contributed by atoms with Gasteiger partial charge in [-0.25, -0.2) is 9.13 Å². The third-order valence-corrected chi connectivity index (χ3v) is 17.6. The van der Waals surface area contributed by atoms with Gasteiger partial charge in [-0.15, -0.1) is 0 Å². The average molecular weight is 1280 g/mol. The van der Waals surface area contributed by atoms with E-state index in [2.05, 4.69) is 41.5 Å². The molecule has 0 aliphatic heterocycles. The van der Waals surface area contributed by atoms with Crippen molar-refractivity contribution in [1.29, 1.82) is 0 Å². The molecule has 3 N–H and O–H groups in total. The first-order valence-electron chi connectivity index (χ1n) is 35.5. The molecule has 0 bridgehead atoms. The molecule has 0 aromatic rings. The van der Waals surface area contributed by atoms with E-state index in [1.54, 1.807) is 0 Å². The predicted octanol–water partition coefficient (Wildman–Crippen LogP) is 19.2. The number of hydrogen-bond donors (Lipinski definition) is 3. The Hall–Kier alpha value is -1.94. The maximum absolute atomic E-state index is 13.0. The summed E-state index contributed by atoms with van der Waals surface area (Å²) in [5.41, 5.74) is 0. The molecule has 19 heteroatoms. The lowest BCUT2D eigenvalue weighted by Crippen LogP contribution is -2.30. The molecule has 5 atom stereocenters. The second-order valence-electron chi connectivity index (χ2n) is 25.5. The lowest BCUT2D eigenvalue weighted by atomic mass is 10.0. The zero-order chi connectivity index (χ0) is 64.3. The van der Waals surface area contributed by atoms with Crippen molar-refractivity contribution >= 4 is 39.5 Å². The molecular formula is C68H132O17P2. The molecule has 0 aliphatic carbocycles. The van der Waals surface area contributed by atoms with E-state index in [1.165, 1.54) is 148 Å². The predicted molar refractivity (Wildman–Crippen MR) is 349 cm³/mol. The van der Waals surface area contributed by atoms with E-state index in [4.69, 9.17) is 37.0 Å². The zero-order valence-corrected chi connectivity index (χ0v) is 58.1. The quantitative estimate of drug-likeness (QED) is 0.0222. The van der Waals surface area contributed by atoms with Gasteiger partial charge in [0.05, 0.1) is 26.4 Å². The fraction of sp³-hybridized carbons (Fsp3) is 0.941. The number of unbranched alkanes of at least 4 members (excludes halogenated alkanes) is 37. The maximum atomic E-state index is 13.0. The second kappa shape index (κ2) is 60.3. The maximum Gasteiger partial charge on any atom is 0.472 e. The van der Waals surface area contributed by atoms with Crippen LogP contribution in [0, 0.1) is 11.8 Å². The summed E-state index contributed by atoms with van der Waals surface area (Å²) in [5, 5.41) is 10.6. The van der Waals surface area contributed by atoms with Crippen LogP contribution in [-0.4, -0.2) is 96.7 Å². The molecule has 0 rings (SSSR count). The Bertz CT molecular complexity index is 1700. The summed E-state index contributed by atoms with van der Waals surface area (Å²) in [6.45, 7) is 9.48. The van der Waals surface area contributed by atoms with Crippen LogP contribution in [0.2, 0.25) is 0 Å². The minimum atomic E-state index is -4.95. The summed E-state index contributed by atoms with van der Waals surface area (Å²) in [6.07, 6.45) is 44.5. The molecule has 0 saturated heterocycles. The van der Waals surface area contributed by atoms with E-state index in [9.17, 15) is 43.2 Å². The van der Waals surface area contributed by atoms with Gasteiger partial charge in [0.15, 0.2) is 12.2 Å². The molecule has 0 aromatic carbocycles. The Labute approximate surface area is 530 Å². The number of esters is 4. The normalized spacial score (nSPS) is 14.2. The van der Waals surface area contributed by atoms with Gasteiger partial charge < -0.3 is 33.8 Å². The standard InChI is InChI=1S/C68H132O17P2/c1-7-9-11-13-15-16-17-18-19-20-28-34-40-46-52-67(72)85-64(57-79-66(71)51-45-39-33-27-23-21-25-31-36-42-48-60(3)4)59-83-87(76,77)81-55-62(69)54-80-86(74,75)82-58-63(56-78-65(70)50-44-38-30-14-12-10-8-2)84-68(73)53-47-41-35-29-24-22-26-32-37-43-49-61(5)6/h60-64,69H,7-59H2,1-6H3,(H,74,75)(H,76,77)/t62-,63+,64+/m0/s1. The molecule has 0 saturated carbocycles. The van der Waals surface area contributed by atoms with Gasteiger partial charge in [0.2, 0.25) is 0 Å². The summed E-state index contributed by atoms with van der Waals surface area (Å²) >= 11 is 0. The van der Waals surface area contributed by atoms with Crippen LogP contribution >= 0.6 is 15.6 Å². The fourth-order valence-corrected chi connectivity index (χ4v) is 11.8. The van der Waals surface area contributed by atoms with Crippen molar-refractivity contribution < 1.29 is 80.2 Å². The van der Waals surface area contributed by atoms with E-state index >= 15 is 0 Å². The molecule has 0 heterocycles. The van der Waals surface area contributed by atoms with E-state index < -0.39 is 97.5 Å². The number of phosphoric acid groups is 2. The summed E-state index contributed by atoms with van der Waals surface area (Å²) in [4.78, 5) is 72.3. The third kappa shape index (κ3) is 62.6. The number of ether oxygens (including phenoxy) is 4. The molecular weight excluding hydrogens is 1150 g/mol. The van der Waals surface area contributed by atoms with Crippen LogP contribution < -0.4 is 0 Å². The van der Waals surface area contributed by atoms with Gasteiger partial charge in [-0.1, -0.05) is 292 Å². The molecule has 516 valence electrons. The molecule has 17 nitrogen and oxygen atoms in total. The number of hydrogen-bond acceptors (Lipinski definition) is 15. The number of carbonyl (C=O) groups is 4. The number of aliphatic hydroxyl groups is 1. The summed E-state index contributed by atoms with van der Waals surface area (Å²) in [6, 6.07) is 0. The van der Waals surface area contributed by atoms with Crippen LogP contribution in [0.1, 0.15) is 343 Å². The topological polar surface area (TPSA) is 237 Å². The average Bonchev–Trinajstić information content (AvgIpc) is 3.50. The molecule has 0 aromatic heterocycles. The number of aliphatic hydroxyl groups excluding tert-OH is 1. The van der Waals surface area contributed by atoms with Gasteiger partial charge >= 0.3 is 39.5 Å². The highest BCUT2D eigenvalue weighted by Gasteiger charge is 2.30. The highest BCUT2D eigenvalue weighted by atomic mass is 31.2. The minimum absolute atomic E-state index is 0.105. The summed E-state index contributed by atoms with van der Waals surface area (Å²) < 4.78 is 68.1. The smallest absolute Gasteiger partial charge is 0.462 e. The number of rotatable bonds is 67. The SMILES string of the molecule is CCCCCCCCCCCCCCCCC(=O)O[C@H](COC(=O)CCCCCCCCCCCCC(C)C)COP(=O)(O)OC[C@@H](O)COP(=O)(O)OC[C@@H](COC(=O)CCCCCCCCC)OC(=O)CCCCCCCCCCCCC(C)C. The van der Waals surface area contributed by atoms with Crippen molar-refractivity contribution in [3.8, 4) is 0 Å². The van der Waals surface area contributed by atoms with Crippen molar-refractivity contribution in [2.24, 2.45) is 11.8 Å². The van der Waals surface area contributed by atoms with Gasteiger partial charge in [0.1, 0.15) is 19.3 Å². The van der Waals surface area contributed by atoms with Crippen LogP contribution in [0.5, 0.6) is 0 Å². The van der Waals surface area contributed by atoms with E-state index in [0.29, 0.717) is 25.7 Å². The first kappa shape index (κ1) is 85.1. The lowest BCUT2D eigenvalue weighted by Gasteiger charge is -2.21. The van der Waals surface area contributed by atoms with E-state index in [1.807, 2.05) is 0 Å². The van der Waals surface area contributed by atoms with Crippen molar-refractivity contribution in [3.63, 3.8) is 0 Å². The largest absolute Gasteiger partial charge is 0.472 e. The zero-order valence-electron chi connectivity index (χ0n) is 56.3. The van der Waals surface area contributed by atoms with Crippen molar-refractivity contribution in [3.05, 3.63) is 0 Å². The van der Waals surface area contributed by atoms with Crippen molar-refractivity contribution in [2.75, 3.05) is 39.6 Å². The number of phosphoric ester groups is 2. The summed E-state index contributed by atoms with van der Waals surface area (Å²) in [5.74, 6) is -0.619. The Morgan fingerprint density at radius 1 is 0.310 bits per heavy atom. The van der Waals surface area contributed by atoms with Crippen molar-refractivity contribution in [2.45, 2.75) is 362 Å². The molecule has 87 heavy (non-hydrogen) atoms. The highest BCUT2D eigenvalue weighted by molar-refractivity contribution is 7.47. The first-order chi connectivity index (χ1) is 41.9.